The molecule has 3 aromatic rings. The summed E-state index contributed by atoms with van der Waals surface area (Å²) in [4.78, 5) is 17.4. The smallest absolute Gasteiger partial charge is 0.187 e. The van der Waals surface area contributed by atoms with Crippen molar-refractivity contribution >= 4 is 18.2 Å². The van der Waals surface area contributed by atoms with E-state index in [4.69, 9.17) is 0 Å². The largest absolute Gasteiger partial charge is 0.507 e. The van der Waals surface area contributed by atoms with Gasteiger partial charge in [-0.2, -0.15) is 5.10 Å². The first kappa shape index (κ1) is 20.0. The van der Waals surface area contributed by atoms with Crippen molar-refractivity contribution in [2.24, 2.45) is 5.10 Å². The fourth-order valence-corrected chi connectivity index (χ4v) is 3.01. The maximum absolute atomic E-state index is 13.0. The van der Waals surface area contributed by atoms with E-state index in [0.717, 1.165) is 5.69 Å². The minimum atomic E-state index is -0.195. The van der Waals surface area contributed by atoms with Gasteiger partial charge in [-0.15, -0.1) is 0 Å². The van der Waals surface area contributed by atoms with Crippen LogP contribution in [0.15, 0.2) is 84.2 Å². The minimum absolute atomic E-state index is 0.114. The second kappa shape index (κ2) is 9.43. The molecule has 0 fully saturated rings. The van der Waals surface area contributed by atoms with Gasteiger partial charge in [-0.05, 0) is 37.4 Å². The highest BCUT2D eigenvalue weighted by Gasteiger charge is 2.17. The van der Waals surface area contributed by atoms with E-state index in [1.165, 1.54) is 11.1 Å². The van der Waals surface area contributed by atoms with Gasteiger partial charge >= 0.3 is 0 Å². The predicted octanol–water partition coefficient (Wildman–Crippen LogP) is 3.99. The van der Waals surface area contributed by atoms with Crippen LogP contribution in [0.5, 0.6) is 5.75 Å². The number of carbonyl (C=O) groups excluding carboxylic acids is 1. The van der Waals surface area contributed by atoms with Gasteiger partial charge in [0.25, 0.3) is 0 Å². The van der Waals surface area contributed by atoms with Crippen molar-refractivity contribution in [2.75, 3.05) is 12.1 Å². The molecule has 0 unspecified atom stereocenters. The molecule has 1 aromatic heterocycles. The molecule has 146 valence electrons. The van der Waals surface area contributed by atoms with Crippen LogP contribution in [0, 0.1) is 0 Å². The number of aromatic nitrogens is 1. The normalized spacial score (nSPS) is 10.8. The van der Waals surface area contributed by atoms with E-state index in [1.54, 1.807) is 43.7 Å². The average molecular weight is 386 g/mol. The molecule has 29 heavy (non-hydrogen) atoms. The second-order valence-corrected chi connectivity index (χ2v) is 6.23. The van der Waals surface area contributed by atoms with Crippen molar-refractivity contribution in [3.8, 4) is 17.0 Å². The lowest BCUT2D eigenvalue weighted by Gasteiger charge is -2.15. The molecule has 6 heteroatoms. The molecule has 0 aliphatic carbocycles. The lowest BCUT2D eigenvalue weighted by molar-refractivity contribution is 0.104. The van der Waals surface area contributed by atoms with E-state index >= 15 is 0 Å². The lowest BCUT2D eigenvalue weighted by Crippen LogP contribution is -2.13. The van der Waals surface area contributed by atoms with Gasteiger partial charge in [-0.25, -0.2) is 5.01 Å². The van der Waals surface area contributed by atoms with Gasteiger partial charge in [0.15, 0.2) is 5.78 Å². The van der Waals surface area contributed by atoms with Gasteiger partial charge in [0, 0.05) is 48.4 Å². The number of para-hydroxylation sites is 2. The van der Waals surface area contributed by atoms with Crippen molar-refractivity contribution in [2.45, 2.75) is 6.54 Å². The maximum Gasteiger partial charge on any atom is 0.187 e. The highest BCUT2D eigenvalue weighted by Crippen LogP contribution is 2.31. The molecule has 0 saturated heterocycles. The van der Waals surface area contributed by atoms with Gasteiger partial charge in [-0.1, -0.05) is 30.3 Å². The molecule has 0 radical (unpaired) electrons. The third-order valence-corrected chi connectivity index (χ3v) is 4.37. The number of rotatable bonds is 8. The Labute approximate surface area is 169 Å². The molecule has 3 rings (SSSR count). The Hall–Kier alpha value is -3.77. The standard InChI is InChI=1S/C23H22N4O2/c1-24-16-20-18(12-14-26-23(20)19-10-6-7-11-21(19)28)22(29)13-15-27(25-2)17-8-4-3-5-9-17/h3-15,24,28H,2,16H2,1H3/b15-13-. The van der Waals surface area contributed by atoms with Gasteiger partial charge in [-0.3, -0.25) is 9.78 Å². The lowest BCUT2D eigenvalue weighted by atomic mass is 9.97. The first-order chi connectivity index (χ1) is 14.2. The molecule has 0 spiro atoms. The number of ketones is 1. The van der Waals surface area contributed by atoms with Gasteiger partial charge in [0.1, 0.15) is 5.75 Å². The quantitative estimate of drug-likeness (QED) is 0.265. The van der Waals surface area contributed by atoms with Crippen LogP contribution in [0.2, 0.25) is 0 Å². The summed E-state index contributed by atoms with van der Waals surface area (Å²) in [5.74, 6) is -0.0810. The van der Waals surface area contributed by atoms with Crippen molar-refractivity contribution in [1.82, 2.24) is 10.3 Å². The molecule has 1 heterocycles. The third kappa shape index (κ3) is 4.56. The zero-order valence-corrected chi connectivity index (χ0v) is 16.1. The number of hydrazone groups is 1. The monoisotopic (exact) mass is 386 g/mol. The van der Waals surface area contributed by atoms with Crippen LogP contribution in [0.25, 0.3) is 11.3 Å². The van der Waals surface area contributed by atoms with Crippen molar-refractivity contribution in [3.63, 3.8) is 0 Å². The average Bonchev–Trinajstić information content (AvgIpc) is 2.75. The minimum Gasteiger partial charge on any atom is -0.507 e. The van der Waals surface area contributed by atoms with E-state index in [0.29, 0.717) is 28.9 Å². The summed E-state index contributed by atoms with van der Waals surface area (Å²) in [7, 11) is 1.80. The van der Waals surface area contributed by atoms with E-state index in [2.05, 4.69) is 22.1 Å². The van der Waals surface area contributed by atoms with Crippen LogP contribution in [0.4, 0.5) is 5.69 Å². The Morgan fingerprint density at radius 3 is 2.59 bits per heavy atom. The second-order valence-electron chi connectivity index (χ2n) is 6.23. The summed E-state index contributed by atoms with van der Waals surface area (Å²) in [5, 5.41) is 18.8. The molecule has 0 amide bonds. The number of hydrogen-bond acceptors (Lipinski definition) is 6. The molecule has 0 atom stereocenters. The number of nitrogens with one attached hydrogen (secondary N) is 1. The Bertz CT molecular complexity index is 1030. The summed E-state index contributed by atoms with van der Waals surface area (Å²) in [6.45, 7) is 3.99. The van der Waals surface area contributed by atoms with Crippen LogP contribution in [0.3, 0.4) is 0 Å². The third-order valence-electron chi connectivity index (χ3n) is 4.37. The summed E-state index contributed by atoms with van der Waals surface area (Å²) >= 11 is 0. The number of benzene rings is 2. The highest BCUT2D eigenvalue weighted by atomic mass is 16.3. The Morgan fingerprint density at radius 2 is 1.90 bits per heavy atom. The zero-order chi connectivity index (χ0) is 20.6. The SMILES string of the molecule is C=NN(/C=C\C(=O)c1ccnc(-c2ccccc2O)c1CNC)c1ccccc1. The molecular weight excluding hydrogens is 364 g/mol. The number of phenols is 1. The van der Waals surface area contributed by atoms with Crippen molar-refractivity contribution in [1.29, 1.82) is 0 Å². The van der Waals surface area contributed by atoms with Crippen LogP contribution in [0.1, 0.15) is 15.9 Å². The zero-order valence-electron chi connectivity index (χ0n) is 16.1. The molecule has 2 aromatic carbocycles. The molecule has 0 bridgehead atoms. The molecule has 0 aliphatic heterocycles. The van der Waals surface area contributed by atoms with Crippen molar-refractivity contribution in [3.05, 3.63) is 90.3 Å². The Balaban J connectivity index is 1.97. The fraction of sp³-hybridized carbons (Fsp3) is 0.0870. The number of aromatic hydroxyl groups is 1. The van der Waals surface area contributed by atoms with E-state index < -0.39 is 0 Å². The van der Waals surface area contributed by atoms with E-state index in [1.807, 2.05) is 36.4 Å². The summed E-state index contributed by atoms with van der Waals surface area (Å²) in [5.41, 5.74) is 3.16. The number of anilines is 1. The van der Waals surface area contributed by atoms with Gasteiger partial charge in [0.05, 0.1) is 11.4 Å². The predicted molar refractivity (Wildman–Crippen MR) is 116 cm³/mol. The number of phenolic OH excluding ortho intramolecular Hbond substituents is 1. The number of pyridine rings is 1. The summed E-state index contributed by atoms with van der Waals surface area (Å²) in [6, 6.07) is 18.0. The Morgan fingerprint density at radius 1 is 1.17 bits per heavy atom. The van der Waals surface area contributed by atoms with Crippen LogP contribution >= 0.6 is 0 Å². The molecule has 0 aliphatic rings. The summed E-state index contributed by atoms with van der Waals surface area (Å²) in [6.07, 6.45) is 4.60. The van der Waals surface area contributed by atoms with Gasteiger partial charge in [0.2, 0.25) is 0 Å². The van der Waals surface area contributed by atoms with Crippen molar-refractivity contribution < 1.29 is 9.90 Å². The molecule has 2 N–H and O–H groups in total. The fourth-order valence-electron chi connectivity index (χ4n) is 3.01. The molecular formula is C23H22N4O2. The first-order valence-electron chi connectivity index (χ1n) is 9.10. The summed E-state index contributed by atoms with van der Waals surface area (Å²) < 4.78 is 0. The van der Waals surface area contributed by atoms with Crippen LogP contribution in [-0.4, -0.2) is 29.6 Å². The highest BCUT2D eigenvalue weighted by molar-refractivity contribution is 6.06. The maximum atomic E-state index is 13.0. The van der Waals surface area contributed by atoms with Gasteiger partial charge < -0.3 is 10.4 Å². The first-order valence-corrected chi connectivity index (χ1v) is 9.10. The van der Waals surface area contributed by atoms with Crippen LogP contribution < -0.4 is 10.3 Å². The van der Waals surface area contributed by atoms with E-state index in [9.17, 15) is 9.90 Å². The number of nitrogens with zero attached hydrogens (tertiary/aromatic N) is 3. The number of carbonyl (C=O) groups is 1. The molecule has 6 nitrogen and oxygen atoms in total. The van der Waals surface area contributed by atoms with E-state index in [-0.39, 0.29) is 11.5 Å². The number of allylic oxidation sites excluding steroid dienone is 1. The Kier molecular flexibility index (Phi) is 6.50. The molecule has 0 saturated carbocycles. The van der Waals surface area contributed by atoms with Crippen LogP contribution in [-0.2, 0) is 6.54 Å². The number of hydrogen-bond donors (Lipinski definition) is 2. The topological polar surface area (TPSA) is 77.8 Å².